The molecule has 6 heteroatoms. The van der Waals surface area contributed by atoms with Gasteiger partial charge in [0.25, 0.3) is 0 Å². The van der Waals surface area contributed by atoms with Gasteiger partial charge in [-0.05, 0) is 54.1 Å². The topological polar surface area (TPSA) is 57.2 Å². The van der Waals surface area contributed by atoms with Crippen LogP contribution in [0.15, 0.2) is 4.99 Å². The van der Waals surface area contributed by atoms with Crippen molar-refractivity contribution >= 4 is 11.9 Å². The van der Waals surface area contributed by atoms with Crippen molar-refractivity contribution in [1.29, 1.82) is 0 Å². The molecule has 0 aromatic heterocycles. The van der Waals surface area contributed by atoms with Crippen LogP contribution in [0.5, 0.6) is 0 Å². The van der Waals surface area contributed by atoms with E-state index in [4.69, 9.17) is 4.74 Å². The Balaban J connectivity index is 1.86. The monoisotopic (exact) mass is 310 g/mol. The highest BCUT2D eigenvalue weighted by atomic mass is 16.6. The summed E-state index contributed by atoms with van der Waals surface area (Å²) in [6.45, 7) is 8.33. The fourth-order valence-corrected chi connectivity index (χ4v) is 2.84. The van der Waals surface area contributed by atoms with E-state index in [-0.39, 0.29) is 11.6 Å². The number of amides is 1. The number of nitrogens with zero attached hydrogens (tertiary/aromatic N) is 3. The van der Waals surface area contributed by atoms with E-state index >= 15 is 0 Å². The maximum atomic E-state index is 12.1. The van der Waals surface area contributed by atoms with Crippen molar-refractivity contribution in [2.75, 3.05) is 40.3 Å². The van der Waals surface area contributed by atoms with Gasteiger partial charge >= 0.3 is 6.09 Å². The lowest BCUT2D eigenvalue weighted by atomic mass is 9.75. The Morgan fingerprint density at radius 3 is 2.59 bits per heavy atom. The number of carbonyl (C=O) groups is 1. The van der Waals surface area contributed by atoms with Gasteiger partial charge in [-0.15, -0.1) is 0 Å². The van der Waals surface area contributed by atoms with Gasteiger partial charge < -0.3 is 15.0 Å². The SMILES string of the molecule is CN(C)C1(CNC2=NCCN(C(=O)OC(C)(C)C)C2)CCC1. The summed E-state index contributed by atoms with van der Waals surface area (Å²) < 4.78 is 5.44. The molecular weight excluding hydrogens is 280 g/mol. The van der Waals surface area contributed by atoms with Crippen molar-refractivity contribution < 1.29 is 9.53 Å². The van der Waals surface area contributed by atoms with Crippen molar-refractivity contribution in [3.05, 3.63) is 0 Å². The van der Waals surface area contributed by atoms with Crippen LogP contribution in [0.25, 0.3) is 0 Å². The van der Waals surface area contributed by atoms with Gasteiger partial charge in [0.15, 0.2) is 0 Å². The third kappa shape index (κ3) is 4.12. The highest BCUT2D eigenvalue weighted by Crippen LogP contribution is 2.35. The number of nitrogens with one attached hydrogen (secondary N) is 1. The van der Waals surface area contributed by atoms with E-state index in [9.17, 15) is 4.79 Å². The van der Waals surface area contributed by atoms with Crippen LogP contribution in [0.4, 0.5) is 4.79 Å². The predicted molar refractivity (Wildman–Crippen MR) is 88.4 cm³/mol. The fourth-order valence-electron chi connectivity index (χ4n) is 2.84. The quantitative estimate of drug-likeness (QED) is 0.862. The zero-order chi connectivity index (χ0) is 16.4. The molecule has 0 atom stereocenters. The third-order valence-corrected chi connectivity index (χ3v) is 4.52. The van der Waals surface area contributed by atoms with Crippen LogP contribution in [0.2, 0.25) is 0 Å². The van der Waals surface area contributed by atoms with Crippen LogP contribution < -0.4 is 5.32 Å². The second-order valence-electron chi connectivity index (χ2n) is 7.56. The number of carbonyl (C=O) groups excluding carboxylic acids is 1. The molecule has 22 heavy (non-hydrogen) atoms. The van der Waals surface area contributed by atoms with E-state index in [1.807, 2.05) is 20.8 Å². The van der Waals surface area contributed by atoms with E-state index in [1.165, 1.54) is 19.3 Å². The molecule has 1 heterocycles. The minimum Gasteiger partial charge on any atom is -0.444 e. The van der Waals surface area contributed by atoms with Crippen LogP contribution in [-0.4, -0.2) is 73.1 Å². The number of hydrogen-bond acceptors (Lipinski definition) is 5. The lowest BCUT2D eigenvalue weighted by molar-refractivity contribution is 0.0274. The first-order valence-electron chi connectivity index (χ1n) is 8.14. The molecule has 0 unspecified atom stereocenters. The molecule has 6 nitrogen and oxygen atoms in total. The molecule has 1 fully saturated rings. The second kappa shape index (κ2) is 6.44. The Bertz CT molecular complexity index is 436. The van der Waals surface area contributed by atoms with Crippen LogP contribution in [0, 0.1) is 0 Å². The second-order valence-corrected chi connectivity index (χ2v) is 7.56. The molecule has 1 N–H and O–H groups in total. The summed E-state index contributed by atoms with van der Waals surface area (Å²) in [7, 11) is 4.27. The van der Waals surface area contributed by atoms with Crippen molar-refractivity contribution in [3.8, 4) is 0 Å². The van der Waals surface area contributed by atoms with Gasteiger partial charge in [-0.2, -0.15) is 0 Å². The summed E-state index contributed by atoms with van der Waals surface area (Å²) in [6.07, 6.45) is 3.47. The molecule has 0 radical (unpaired) electrons. The van der Waals surface area contributed by atoms with E-state index in [1.54, 1.807) is 4.90 Å². The maximum absolute atomic E-state index is 12.1. The van der Waals surface area contributed by atoms with E-state index in [0.29, 0.717) is 19.6 Å². The summed E-state index contributed by atoms with van der Waals surface area (Å²) in [5.41, 5.74) is -0.211. The fraction of sp³-hybridized carbons (Fsp3) is 0.875. The van der Waals surface area contributed by atoms with E-state index < -0.39 is 5.60 Å². The number of rotatable bonds is 3. The minimum absolute atomic E-state index is 0.247. The van der Waals surface area contributed by atoms with Gasteiger partial charge in [0, 0.05) is 18.6 Å². The molecule has 0 spiro atoms. The molecule has 0 saturated heterocycles. The highest BCUT2D eigenvalue weighted by Gasteiger charge is 2.39. The molecule has 0 aromatic rings. The first kappa shape index (κ1) is 17.1. The van der Waals surface area contributed by atoms with Crippen molar-refractivity contribution in [2.24, 2.45) is 4.99 Å². The number of hydrogen-bond donors (Lipinski definition) is 1. The molecule has 2 aliphatic rings. The molecule has 0 aromatic carbocycles. The zero-order valence-electron chi connectivity index (χ0n) is 14.6. The minimum atomic E-state index is -0.458. The van der Waals surface area contributed by atoms with Gasteiger partial charge in [-0.1, -0.05) is 0 Å². The van der Waals surface area contributed by atoms with E-state index in [2.05, 4.69) is 29.3 Å². The van der Waals surface area contributed by atoms with Crippen molar-refractivity contribution in [1.82, 2.24) is 15.1 Å². The smallest absolute Gasteiger partial charge is 0.410 e. The van der Waals surface area contributed by atoms with Crippen LogP contribution in [0.1, 0.15) is 40.0 Å². The number of aliphatic imine (C=N–C) groups is 1. The molecule has 1 aliphatic carbocycles. The standard InChI is InChI=1S/C16H30N4O2/c1-15(2,3)22-14(21)20-10-9-17-13(11-20)18-12-16(19(4)5)7-6-8-16/h6-12H2,1-5H3,(H,17,18). The van der Waals surface area contributed by atoms with Gasteiger partial charge in [-0.25, -0.2) is 4.79 Å². The molecular formula is C16H30N4O2. The third-order valence-electron chi connectivity index (χ3n) is 4.52. The Labute approximate surface area is 133 Å². The lowest BCUT2D eigenvalue weighted by Crippen LogP contribution is -2.58. The Hall–Kier alpha value is -1.30. The van der Waals surface area contributed by atoms with Crippen LogP contribution in [-0.2, 0) is 4.74 Å². The normalized spacial score (nSPS) is 21.2. The van der Waals surface area contributed by atoms with Gasteiger partial charge in [0.2, 0.25) is 0 Å². The highest BCUT2D eigenvalue weighted by molar-refractivity contribution is 5.88. The molecule has 1 amide bonds. The first-order valence-corrected chi connectivity index (χ1v) is 8.14. The summed E-state index contributed by atoms with van der Waals surface area (Å²) in [6, 6.07) is 0. The predicted octanol–water partition coefficient (Wildman–Crippen LogP) is 1.71. The van der Waals surface area contributed by atoms with Crippen LogP contribution in [0.3, 0.4) is 0 Å². The molecule has 1 aliphatic heterocycles. The summed E-state index contributed by atoms with van der Waals surface area (Å²) >= 11 is 0. The maximum Gasteiger partial charge on any atom is 0.410 e. The molecule has 0 bridgehead atoms. The lowest BCUT2D eigenvalue weighted by Gasteiger charge is -2.47. The molecule has 1 saturated carbocycles. The van der Waals surface area contributed by atoms with Gasteiger partial charge in [0.05, 0.1) is 13.1 Å². The first-order chi connectivity index (χ1) is 10.2. The van der Waals surface area contributed by atoms with Crippen LogP contribution >= 0.6 is 0 Å². The van der Waals surface area contributed by atoms with Gasteiger partial charge in [-0.3, -0.25) is 9.89 Å². The molecule has 2 rings (SSSR count). The Morgan fingerprint density at radius 2 is 2.09 bits per heavy atom. The van der Waals surface area contributed by atoms with Crippen molar-refractivity contribution in [3.63, 3.8) is 0 Å². The number of amidine groups is 1. The molecule has 126 valence electrons. The zero-order valence-corrected chi connectivity index (χ0v) is 14.6. The number of ether oxygens (including phenoxy) is 1. The Morgan fingerprint density at radius 1 is 1.41 bits per heavy atom. The largest absolute Gasteiger partial charge is 0.444 e. The van der Waals surface area contributed by atoms with E-state index in [0.717, 1.165) is 12.4 Å². The Kier molecular flexibility index (Phi) is 5.00. The average molecular weight is 310 g/mol. The number of likely N-dealkylation sites (N-methyl/N-ethyl adjacent to an activating group) is 1. The van der Waals surface area contributed by atoms with Gasteiger partial charge in [0.1, 0.15) is 11.4 Å². The summed E-state index contributed by atoms with van der Waals surface area (Å²) in [4.78, 5) is 20.7. The average Bonchev–Trinajstić information content (AvgIpc) is 2.35. The summed E-state index contributed by atoms with van der Waals surface area (Å²) in [5.74, 6) is 0.894. The summed E-state index contributed by atoms with van der Waals surface area (Å²) in [5, 5.41) is 3.45. The van der Waals surface area contributed by atoms with Crippen molar-refractivity contribution in [2.45, 2.75) is 51.2 Å².